The van der Waals surface area contributed by atoms with Gasteiger partial charge in [-0.15, -0.1) is 0 Å². The monoisotopic (exact) mass is 375 g/mol. The second kappa shape index (κ2) is 9.96. The van der Waals surface area contributed by atoms with Gasteiger partial charge in [0.1, 0.15) is 0 Å². The average Bonchev–Trinajstić information content (AvgIpc) is 2.66. The van der Waals surface area contributed by atoms with Crippen molar-refractivity contribution in [2.45, 2.75) is 46.1 Å². The molecule has 0 saturated heterocycles. The van der Waals surface area contributed by atoms with Crippen LogP contribution in [0.5, 0.6) is 0 Å². The second-order valence-electron chi connectivity index (χ2n) is 7.63. The van der Waals surface area contributed by atoms with Gasteiger partial charge >= 0.3 is 0 Å². The molecular weight excluding hydrogens is 346 g/mol. The molecule has 0 atom stereocenters. The van der Waals surface area contributed by atoms with Crippen molar-refractivity contribution >= 4 is 12.1 Å². The molecule has 0 aromatic heterocycles. The van der Waals surface area contributed by atoms with Crippen LogP contribution in [0.4, 0.5) is 0 Å². The summed E-state index contributed by atoms with van der Waals surface area (Å²) in [5, 5.41) is 9.27. The van der Waals surface area contributed by atoms with E-state index < -0.39 is 0 Å². The van der Waals surface area contributed by atoms with Crippen LogP contribution < -0.4 is 0 Å². The van der Waals surface area contributed by atoms with E-state index in [2.05, 4.69) is 41.9 Å². The van der Waals surface area contributed by atoms with Crippen molar-refractivity contribution in [3.05, 3.63) is 69.8 Å². The molecule has 0 aliphatic rings. The normalized spacial score (nSPS) is 11.4. The fourth-order valence-corrected chi connectivity index (χ4v) is 3.28. The molecule has 1 amide bonds. The third kappa shape index (κ3) is 5.87. The molecule has 146 valence electrons. The summed E-state index contributed by atoms with van der Waals surface area (Å²) < 4.78 is 0. The summed E-state index contributed by atoms with van der Waals surface area (Å²) in [6.45, 7) is 7.10. The molecule has 0 bridgehead atoms. The average molecular weight is 376 g/mol. The molecule has 2 aromatic carbocycles. The van der Waals surface area contributed by atoms with E-state index in [1.165, 1.54) is 5.56 Å². The lowest BCUT2D eigenvalue weighted by Crippen LogP contribution is -2.10. The van der Waals surface area contributed by atoms with Gasteiger partial charge < -0.3 is 4.90 Å². The fraction of sp³-hybridized carbons (Fsp3) is 0.375. The minimum atomic E-state index is -0.168. The number of aryl methyl sites for hydroxylation is 1. The summed E-state index contributed by atoms with van der Waals surface area (Å²) in [5.41, 5.74) is 5.92. The number of benzene rings is 2. The number of nitrogens with zero attached hydrogens (tertiary/aromatic N) is 3. The Bertz CT molecular complexity index is 887. The summed E-state index contributed by atoms with van der Waals surface area (Å²) in [7, 11) is 4.07. The van der Waals surface area contributed by atoms with E-state index >= 15 is 0 Å². The maximum Gasteiger partial charge on any atom is 0.250 e. The first-order valence-corrected chi connectivity index (χ1v) is 9.70. The molecule has 0 radical (unpaired) electrons. The van der Waals surface area contributed by atoms with E-state index in [1.807, 2.05) is 45.3 Å². The lowest BCUT2D eigenvalue weighted by atomic mass is 9.88. The van der Waals surface area contributed by atoms with E-state index in [0.717, 1.165) is 35.2 Å². The van der Waals surface area contributed by atoms with Gasteiger partial charge in [-0.05, 0) is 66.4 Å². The number of rotatable bonds is 7. The number of carbonyl (C=O) groups excluding carboxylic acids is 1. The van der Waals surface area contributed by atoms with Gasteiger partial charge in [-0.2, -0.15) is 5.26 Å². The van der Waals surface area contributed by atoms with Gasteiger partial charge in [-0.1, -0.05) is 45.0 Å². The summed E-state index contributed by atoms with van der Waals surface area (Å²) in [5.74, 6) is 0.0771. The molecule has 0 saturated carbocycles. The fourth-order valence-electron chi connectivity index (χ4n) is 3.28. The topological polar surface area (TPSA) is 56.5 Å². The highest BCUT2D eigenvalue weighted by Crippen LogP contribution is 2.26. The standard InChI is InChI=1S/C24H29N3O/c1-6-21-11-20(14-25)12-22(17(2)3)23(21)13-24(28)26-15-18-7-9-19(10-8-18)16-27(4)5/h7-12,15,17H,6,13,16H2,1-5H3. The molecule has 0 unspecified atom stereocenters. The van der Waals surface area contributed by atoms with Gasteiger partial charge in [0.25, 0.3) is 0 Å². The zero-order valence-corrected chi connectivity index (χ0v) is 17.5. The Hall–Kier alpha value is -2.77. The van der Waals surface area contributed by atoms with E-state index in [9.17, 15) is 10.1 Å². The molecule has 0 heterocycles. The lowest BCUT2D eigenvalue weighted by molar-refractivity contribution is -0.117. The van der Waals surface area contributed by atoms with Crippen molar-refractivity contribution in [1.82, 2.24) is 4.90 Å². The number of hydrogen-bond donors (Lipinski definition) is 0. The van der Waals surface area contributed by atoms with E-state index in [-0.39, 0.29) is 18.2 Å². The van der Waals surface area contributed by atoms with Crippen LogP contribution in [0, 0.1) is 11.3 Å². The van der Waals surface area contributed by atoms with Crippen molar-refractivity contribution in [2.75, 3.05) is 14.1 Å². The smallest absolute Gasteiger partial charge is 0.250 e. The molecule has 2 aromatic rings. The van der Waals surface area contributed by atoms with Crippen LogP contribution in [0.3, 0.4) is 0 Å². The third-order valence-corrected chi connectivity index (χ3v) is 4.67. The number of aliphatic imine (C=N–C) groups is 1. The summed E-state index contributed by atoms with van der Waals surface area (Å²) in [6, 6.07) is 14.1. The predicted octanol–water partition coefficient (Wildman–Crippen LogP) is 4.49. The molecule has 0 spiro atoms. The summed E-state index contributed by atoms with van der Waals surface area (Å²) >= 11 is 0. The third-order valence-electron chi connectivity index (χ3n) is 4.67. The Labute approximate surface area is 168 Å². The first-order valence-electron chi connectivity index (χ1n) is 9.70. The highest BCUT2D eigenvalue weighted by Gasteiger charge is 2.15. The molecular formula is C24H29N3O. The highest BCUT2D eigenvalue weighted by molar-refractivity contribution is 5.93. The summed E-state index contributed by atoms with van der Waals surface area (Å²) in [6.07, 6.45) is 2.68. The first-order chi connectivity index (χ1) is 13.3. The number of amides is 1. The van der Waals surface area contributed by atoms with Gasteiger partial charge in [0, 0.05) is 12.8 Å². The zero-order valence-electron chi connectivity index (χ0n) is 17.5. The van der Waals surface area contributed by atoms with Crippen LogP contribution in [0.1, 0.15) is 60.1 Å². The van der Waals surface area contributed by atoms with Crippen molar-refractivity contribution in [3.8, 4) is 6.07 Å². The second-order valence-corrected chi connectivity index (χ2v) is 7.63. The van der Waals surface area contributed by atoms with Crippen LogP contribution in [0.15, 0.2) is 41.4 Å². The van der Waals surface area contributed by atoms with Crippen LogP contribution in [0.25, 0.3) is 0 Å². The minimum absolute atomic E-state index is 0.168. The Morgan fingerprint density at radius 3 is 2.43 bits per heavy atom. The van der Waals surface area contributed by atoms with E-state index in [1.54, 1.807) is 6.21 Å². The maximum absolute atomic E-state index is 12.5. The molecule has 0 aliphatic heterocycles. The van der Waals surface area contributed by atoms with Crippen LogP contribution in [-0.4, -0.2) is 31.1 Å². The van der Waals surface area contributed by atoms with Gasteiger partial charge in [0.05, 0.1) is 18.1 Å². The van der Waals surface area contributed by atoms with Crippen LogP contribution >= 0.6 is 0 Å². The Morgan fingerprint density at radius 2 is 1.89 bits per heavy atom. The molecule has 4 heteroatoms. The van der Waals surface area contributed by atoms with E-state index in [4.69, 9.17) is 0 Å². The Kier molecular flexibility index (Phi) is 7.66. The molecule has 4 nitrogen and oxygen atoms in total. The van der Waals surface area contributed by atoms with Crippen LogP contribution in [0.2, 0.25) is 0 Å². The zero-order chi connectivity index (χ0) is 20.7. The van der Waals surface area contributed by atoms with Crippen molar-refractivity contribution in [1.29, 1.82) is 5.26 Å². The first kappa shape index (κ1) is 21.5. The SMILES string of the molecule is CCc1cc(C#N)cc(C(C)C)c1CC(=O)N=Cc1ccc(CN(C)C)cc1. The lowest BCUT2D eigenvalue weighted by Gasteiger charge is -2.16. The van der Waals surface area contributed by atoms with Crippen LogP contribution in [-0.2, 0) is 24.2 Å². The molecule has 2 rings (SSSR count). The maximum atomic E-state index is 12.5. The quantitative estimate of drug-likeness (QED) is 0.670. The number of hydrogen-bond acceptors (Lipinski definition) is 3. The Morgan fingerprint density at radius 1 is 1.21 bits per heavy atom. The molecule has 0 aliphatic carbocycles. The molecule has 0 N–H and O–H groups in total. The van der Waals surface area contributed by atoms with Gasteiger partial charge in [-0.25, -0.2) is 4.99 Å². The summed E-state index contributed by atoms with van der Waals surface area (Å²) in [4.78, 5) is 18.8. The largest absolute Gasteiger partial charge is 0.305 e. The van der Waals surface area contributed by atoms with Crippen molar-refractivity contribution < 1.29 is 4.79 Å². The van der Waals surface area contributed by atoms with Crippen molar-refractivity contribution in [3.63, 3.8) is 0 Å². The van der Waals surface area contributed by atoms with Crippen molar-refractivity contribution in [2.24, 2.45) is 4.99 Å². The highest BCUT2D eigenvalue weighted by atomic mass is 16.1. The van der Waals surface area contributed by atoms with E-state index in [0.29, 0.717) is 5.56 Å². The van der Waals surface area contributed by atoms with Gasteiger partial charge in [-0.3, -0.25) is 4.79 Å². The van der Waals surface area contributed by atoms with Gasteiger partial charge in [0.2, 0.25) is 5.91 Å². The minimum Gasteiger partial charge on any atom is -0.305 e. The predicted molar refractivity (Wildman–Crippen MR) is 115 cm³/mol. The Balaban J connectivity index is 2.18. The number of nitriles is 1. The number of carbonyl (C=O) groups is 1. The molecule has 0 fully saturated rings. The van der Waals surface area contributed by atoms with Gasteiger partial charge in [0.15, 0.2) is 0 Å². The molecule has 28 heavy (non-hydrogen) atoms.